The quantitative estimate of drug-likeness (QED) is 0.0840. The second kappa shape index (κ2) is 15.4. The van der Waals surface area contributed by atoms with Crippen LogP contribution in [0.25, 0.3) is 0 Å². The molecule has 3 saturated carbocycles. The van der Waals surface area contributed by atoms with E-state index in [9.17, 15) is 14.7 Å². The van der Waals surface area contributed by atoms with Crippen molar-refractivity contribution in [2.24, 2.45) is 45.8 Å². The number of allylic oxidation sites excluding steroid dienone is 3. The number of aliphatic hydroxyl groups excluding tert-OH is 1. The SMILES string of the molecule is CCC[C@@H](C)/C=C/[C@@H](C)[C@H]1CC[C@H]2C3(C=O)C=C[C@@]4(O)C[C@@H](OC(=O)OCCOCCCOCCO)CC[C@]4(C)[C@H]3CC[C@]12C. The lowest BCUT2D eigenvalue weighted by molar-refractivity contribution is -0.192. The number of aldehydes is 1. The first kappa shape index (κ1) is 36.1. The predicted molar refractivity (Wildman–Crippen MR) is 174 cm³/mol. The van der Waals surface area contributed by atoms with Gasteiger partial charge in [-0.2, -0.15) is 0 Å². The zero-order valence-electron chi connectivity index (χ0n) is 28.5. The minimum atomic E-state index is -1.16. The summed E-state index contributed by atoms with van der Waals surface area (Å²) in [5, 5.41) is 20.9. The number of aliphatic hydroxyl groups is 2. The lowest BCUT2D eigenvalue weighted by atomic mass is 9.40. The van der Waals surface area contributed by atoms with E-state index < -0.39 is 28.7 Å². The van der Waals surface area contributed by atoms with Gasteiger partial charge in [-0.15, -0.1) is 0 Å². The molecule has 8 heteroatoms. The van der Waals surface area contributed by atoms with E-state index in [1.54, 1.807) is 0 Å². The Morgan fingerprint density at radius 3 is 2.42 bits per heavy atom. The summed E-state index contributed by atoms with van der Waals surface area (Å²) in [7, 11) is 0. The van der Waals surface area contributed by atoms with E-state index >= 15 is 0 Å². The van der Waals surface area contributed by atoms with Gasteiger partial charge in [-0.25, -0.2) is 4.79 Å². The number of carbonyl (C=O) groups excluding carboxylic acids is 2. The Kier molecular flexibility index (Phi) is 12.4. The van der Waals surface area contributed by atoms with E-state index in [1.165, 1.54) is 19.1 Å². The van der Waals surface area contributed by atoms with Crippen LogP contribution in [0, 0.1) is 45.8 Å². The van der Waals surface area contributed by atoms with Crippen molar-refractivity contribution in [1.82, 2.24) is 0 Å². The molecule has 0 bridgehead atoms. The first-order valence-corrected chi connectivity index (χ1v) is 17.7. The lowest BCUT2D eigenvalue weighted by Gasteiger charge is -2.65. The minimum Gasteiger partial charge on any atom is -0.432 e. The predicted octanol–water partition coefficient (Wildman–Crippen LogP) is 6.67. The maximum absolute atomic E-state index is 13.3. The fraction of sp³-hybridized carbons (Fsp3) is 0.838. The molecular formula is C37H60O8. The monoisotopic (exact) mass is 632 g/mol. The van der Waals surface area contributed by atoms with Gasteiger partial charge in [0, 0.05) is 25.0 Å². The molecule has 0 amide bonds. The highest BCUT2D eigenvalue weighted by Gasteiger charge is 2.69. The van der Waals surface area contributed by atoms with Crippen molar-refractivity contribution in [2.75, 3.05) is 39.6 Å². The van der Waals surface area contributed by atoms with E-state index in [-0.39, 0.29) is 37.1 Å². The third-order valence-corrected chi connectivity index (χ3v) is 12.4. The number of carbonyl (C=O) groups is 2. The Labute approximate surface area is 271 Å². The Morgan fingerprint density at radius 1 is 0.956 bits per heavy atom. The molecule has 0 spiro atoms. The summed E-state index contributed by atoms with van der Waals surface area (Å²) in [6, 6.07) is 0. The number of fused-ring (bicyclic) bond motifs is 5. The first-order valence-electron chi connectivity index (χ1n) is 17.7. The fourth-order valence-corrected chi connectivity index (χ4v) is 9.98. The molecule has 10 atom stereocenters. The Morgan fingerprint density at radius 2 is 1.71 bits per heavy atom. The summed E-state index contributed by atoms with van der Waals surface area (Å²) in [6.07, 6.45) is 17.7. The van der Waals surface area contributed by atoms with E-state index in [2.05, 4.69) is 52.8 Å². The van der Waals surface area contributed by atoms with E-state index in [0.29, 0.717) is 63.3 Å². The fourth-order valence-electron chi connectivity index (χ4n) is 9.98. The molecule has 0 aromatic carbocycles. The van der Waals surface area contributed by atoms with E-state index in [4.69, 9.17) is 24.1 Å². The third kappa shape index (κ3) is 7.39. The molecule has 3 fully saturated rings. The summed E-state index contributed by atoms with van der Waals surface area (Å²) in [5.74, 6) is 1.90. The number of rotatable bonds is 16. The van der Waals surface area contributed by atoms with Crippen LogP contribution in [0.5, 0.6) is 0 Å². The van der Waals surface area contributed by atoms with Gasteiger partial charge in [-0.1, -0.05) is 65.3 Å². The van der Waals surface area contributed by atoms with Crippen LogP contribution < -0.4 is 0 Å². The van der Waals surface area contributed by atoms with Crippen LogP contribution >= 0.6 is 0 Å². The zero-order chi connectivity index (χ0) is 32.7. The second-order valence-corrected chi connectivity index (χ2v) is 15.0. The van der Waals surface area contributed by atoms with Crippen molar-refractivity contribution in [2.45, 2.75) is 111 Å². The molecule has 256 valence electrons. The standard InChI is InChI=1S/C37H60O8/c1-6-8-27(2)9-10-28(3)30-11-12-31-34(30,4)15-14-32-35(5)16-13-29(25-37(35,41)18-17-36(31,32)26-39)45-33(40)44-24-23-43-21-7-20-42-22-19-38/h9-10,17-18,26-32,38,41H,6-8,11-16,19-25H2,1-5H3/b10-9+/t27-,28-,29+,30-,31-,32-,34-,35-,36?,37-/m1/s1. The van der Waals surface area contributed by atoms with Crippen LogP contribution in [0.4, 0.5) is 4.79 Å². The van der Waals surface area contributed by atoms with Crippen molar-refractivity contribution in [3.05, 3.63) is 24.3 Å². The average molecular weight is 633 g/mol. The van der Waals surface area contributed by atoms with Crippen molar-refractivity contribution in [3.63, 3.8) is 0 Å². The highest BCUT2D eigenvalue weighted by Crippen LogP contribution is 2.71. The van der Waals surface area contributed by atoms with Crippen LogP contribution in [0.1, 0.15) is 98.8 Å². The highest BCUT2D eigenvalue weighted by atomic mass is 16.7. The van der Waals surface area contributed by atoms with Gasteiger partial charge in [0.15, 0.2) is 0 Å². The van der Waals surface area contributed by atoms with Crippen molar-refractivity contribution in [3.8, 4) is 0 Å². The molecule has 4 aliphatic carbocycles. The van der Waals surface area contributed by atoms with Crippen LogP contribution in [0.3, 0.4) is 0 Å². The normalized spacial score (nSPS) is 38.6. The van der Waals surface area contributed by atoms with E-state index in [0.717, 1.165) is 25.7 Å². The maximum atomic E-state index is 13.3. The summed E-state index contributed by atoms with van der Waals surface area (Å²) >= 11 is 0. The lowest BCUT2D eigenvalue weighted by Crippen LogP contribution is -2.65. The smallest absolute Gasteiger partial charge is 0.432 e. The van der Waals surface area contributed by atoms with Gasteiger partial charge in [0.25, 0.3) is 0 Å². The zero-order valence-corrected chi connectivity index (χ0v) is 28.5. The molecule has 45 heavy (non-hydrogen) atoms. The molecule has 0 aliphatic heterocycles. The molecule has 0 radical (unpaired) electrons. The van der Waals surface area contributed by atoms with Crippen molar-refractivity contribution >= 4 is 12.4 Å². The molecule has 0 aromatic heterocycles. The molecule has 4 rings (SSSR count). The molecule has 0 heterocycles. The van der Waals surface area contributed by atoms with Gasteiger partial charge in [-0.3, -0.25) is 0 Å². The van der Waals surface area contributed by atoms with Crippen LogP contribution in [0.2, 0.25) is 0 Å². The van der Waals surface area contributed by atoms with Gasteiger partial charge in [-0.05, 0) is 86.4 Å². The summed E-state index contributed by atoms with van der Waals surface area (Å²) < 4.78 is 21.5. The maximum Gasteiger partial charge on any atom is 0.508 e. The Hall–Kier alpha value is -1.74. The number of hydrogen-bond acceptors (Lipinski definition) is 8. The van der Waals surface area contributed by atoms with Crippen molar-refractivity contribution < 1.29 is 38.7 Å². The van der Waals surface area contributed by atoms with Crippen molar-refractivity contribution in [1.29, 1.82) is 0 Å². The largest absolute Gasteiger partial charge is 0.508 e. The third-order valence-electron chi connectivity index (χ3n) is 12.4. The molecule has 4 aliphatic rings. The van der Waals surface area contributed by atoms with E-state index in [1.807, 2.05) is 6.08 Å². The average Bonchev–Trinajstić information content (AvgIpc) is 3.37. The summed E-state index contributed by atoms with van der Waals surface area (Å²) in [5.41, 5.74) is -2.15. The van der Waals surface area contributed by atoms with Gasteiger partial charge < -0.3 is 34.0 Å². The topological polar surface area (TPSA) is 112 Å². The van der Waals surface area contributed by atoms with Gasteiger partial charge in [0.1, 0.15) is 19.0 Å². The number of ether oxygens (including phenoxy) is 4. The van der Waals surface area contributed by atoms with Gasteiger partial charge >= 0.3 is 6.16 Å². The highest BCUT2D eigenvalue weighted by molar-refractivity contribution is 5.67. The van der Waals surface area contributed by atoms with Gasteiger partial charge in [0.2, 0.25) is 0 Å². The molecule has 8 nitrogen and oxygen atoms in total. The molecular weight excluding hydrogens is 572 g/mol. The second-order valence-electron chi connectivity index (χ2n) is 15.0. The van der Waals surface area contributed by atoms with Crippen LogP contribution in [-0.2, 0) is 23.7 Å². The van der Waals surface area contributed by atoms with Gasteiger partial charge in [0.05, 0.1) is 30.8 Å². The molecule has 1 unspecified atom stereocenters. The Bertz CT molecular complexity index is 1040. The molecule has 2 N–H and O–H groups in total. The van der Waals surface area contributed by atoms with Crippen LogP contribution in [0.15, 0.2) is 24.3 Å². The first-order chi connectivity index (χ1) is 21.5. The summed E-state index contributed by atoms with van der Waals surface area (Å²) in [6.45, 7) is 13.1. The Balaban J connectivity index is 1.37. The van der Waals surface area contributed by atoms with Crippen LogP contribution in [-0.4, -0.2) is 74.0 Å². The summed E-state index contributed by atoms with van der Waals surface area (Å²) in [4.78, 5) is 25.7. The minimum absolute atomic E-state index is 0.00160. The molecule has 0 saturated heterocycles. The number of hydrogen-bond donors (Lipinski definition) is 2. The molecule has 0 aromatic rings.